The highest BCUT2D eigenvalue weighted by molar-refractivity contribution is 6.12. The predicted molar refractivity (Wildman–Crippen MR) is 145 cm³/mol. The molecule has 1 heterocycles. The average Bonchev–Trinajstić information content (AvgIpc) is 3.11. The van der Waals surface area contributed by atoms with Crippen molar-refractivity contribution in [1.82, 2.24) is 9.80 Å². The van der Waals surface area contributed by atoms with E-state index >= 15 is 0 Å². The van der Waals surface area contributed by atoms with Crippen LogP contribution in [0.15, 0.2) is 60.4 Å². The van der Waals surface area contributed by atoms with Gasteiger partial charge in [-0.15, -0.1) is 0 Å². The molecule has 2 aromatic rings. The van der Waals surface area contributed by atoms with Gasteiger partial charge in [-0.05, 0) is 62.4 Å². The lowest BCUT2D eigenvalue weighted by atomic mass is 10.0. The number of amides is 1. The number of nitrogens with zero attached hydrogens (tertiary/aromatic N) is 2. The molecule has 0 spiro atoms. The standard InChI is InChI=1S/C30H37N3O3/c1-6-11-27-25-16-9-14-23(29(25)30(36)33(27)26(22(4)35)17-10-18-34)20-32(5)28(12-7-2)31-24-15-8-13-21(3)19-24/h8-9,11-16,18-19,26,31H,6-7,10,17,20H2,1-5H3/b27-11?,28-12-. The van der Waals surface area contributed by atoms with Gasteiger partial charge in [-0.1, -0.05) is 50.3 Å². The summed E-state index contributed by atoms with van der Waals surface area (Å²) in [5.74, 6) is 0.668. The van der Waals surface area contributed by atoms with E-state index in [1.165, 1.54) is 12.5 Å². The number of carbonyl (C=O) groups excluding carboxylic acids is 3. The van der Waals surface area contributed by atoms with Crippen molar-refractivity contribution in [2.24, 2.45) is 0 Å². The van der Waals surface area contributed by atoms with Crippen molar-refractivity contribution < 1.29 is 14.4 Å². The van der Waals surface area contributed by atoms with Gasteiger partial charge in [-0.25, -0.2) is 0 Å². The van der Waals surface area contributed by atoms with Gasteiger partial charge in [-0.2, -0.15) is 0 Å². The van der Waals surface area contributed by atoms with E-state index in [2.05, 4.69) is 42.3 Å². The molecule has 0 bridgehead atoms. The SMILES string of the molecule is CCC=C1c2cccc(CN(C)/C(=C\CC)Nc3cccc(C)c3)c2C(=O)N1C(CCC=O)C(C)=O. The molecule has 0 saturated carbocycles. The molecule has 0 radical (unpaired) electrons. The second kappa shape index (κ2) is 12.3. The van der Waals surface area contributed by atoms with E-state index in [4.69, 9.17) is 0 Å². The number of hydrogen-bond acceptors (Lipinski definition) is 5. The lowest BCUT2D eigenvalue weighted by molar-refractivity contribution is -0.120. The van der Waals surface area contributed by atoms with E-state index in [-0.39, 0.29) is 18.1 Å². The van der Waals surface area contributed by atoms with Gasteiger partial charge in [-0.3, -0.25) is 14.5 Å². The molecule has 190 valence electrons. The number of allylic oxidation sites excluding steroid dienone is 2. The molecule has 36 heavy (non-hydrogen) atoms. The first-order valence-electron chi connectivity index (χ1n) is 12.7. The smallest absolute Gasteiger partial charge is 0.259 e. The van der Waals surface area contributed by atoms with Crippen LogP contribution in [0.4, 0.5) is 5.69 Å². The van der Waals surface area contributed by atoms with Crippen LogP contribution >= 0.6 is 0 Å². The van der Waals surface area contributed by atoms with Gasteiger partial charge < -0.3 is 15.0 Å². The Morgan fingerprint density at radius 2 is 1.89 bits per heavy atom. The van der Waals surface area contributed by atoms with Gasteiger partial charge in [0.25, 0.3) is 5.91 Å². The molecule has 1 unspecified atom stereocenters. The summed E-state index contributed by atoms with van der Waals surface area (Å²) in [6.45, 7) is 8.18. The monoisotopic (exact) mass is 487 g/mol. The molecule has 1 atom stereocenters. The van der Waals surface area contributed by atoms with E-state index < -0.39 is 6.04 Å². The fourth-order valence-electron chi connectivity index (χ4n) is 4.72. The quantitative estimate of drug-likeness (QED) is 0.376. The summed E-state index contributed by atoms with van der Waals surface area (Å²) in [5, 5.41) is 3.52. The third-order valence-electron chi connectivity index (χ3n) is 6.36. The van der Waals surface area contributed by atoms with Crippen molar-refractivity contribution in [2.45, 2.75) is 66.0 Å². The molecule has 0 aromatic heterocycles. The molecule has 1 amide bonds. The third-order valence-corrected chi connectivity index (χ3v) is 6.36. The van der Waals surface area contributed by atoms with E-state index in [1.807, 2.05) is 50.4 Å². The average molecular weight is 488 g/mol. The second-order valence-electron chi connectivity index (χ2n) is 9.23. The molecule has 0 saturated heterocycles. The molecule has 6 heteroatoms. The first-order valence-corrected chi connectivity index (χ1v) is 12.7. The number of carbonyl (C=O) groups is 3. The van der Waals surface area contributed by atoms with Gasteiger partial charge >= 0.3 is 0 Å². The van der Waals surface area contributed by atoms with Crippen molar-refractivity contribution in [3.63, 3.8) is 0 Å². The maximum atomic E-state index is 13.8. The minimum Gasteiger partial charge on any atom is -0.357 e. The number of ketones is 1. The summed E-state index contributed by atoms with van der Waals surface area (Å²) < 4.78 is 0. The summed E-state index contributed by atoms with van der Waals surface area (Å²) >= 11 is 0. The van der Waals surface area contributed by atoms with Crippen molar-refractivity contribution >= 4 is 29.4 Å². The number of nitrogens with one attached hydrogen (secondary N) is 1. The maximum Gasteiger partial charge on any atom is 0.259 e. The van der Waals surface area contributed by atoms with Crippen LogP contribution in [0.3, 0.4) is 0 Å². The van der Waals surface area contributed by atoms with Crippen LogP contribution in [-0.4, -0.2) is 40.9 Å². The number of aldehydes is 1. The minimum absolute atomic E-state index is 0.116. The Kier molecular flexibility index (Phi) is 9.23. The third kappa shape index (κ3) is 5.93. The van der Waals surface area contributed by atoms with E-state index in [0.717, 1.165) is 47.5 Å². The number of hydrogen-bond donors (Lipinski definition) is 1. The zero-order valence-electron chi connectivity index (χ0n) is 22.0. The number of benzene rings is 2. The molecule has 2 aromatic carbocycles. The molecule has 1 aliphatic rings. The van der Waals surface area contributed by atoms with Crippen LogP contribution in [0, 0.1) is 6.92 Å². The zero-order chi connectivity index (χ0) is 26.2. The Hall–Kier alpha value is -3.67. The summed E-state index contributed by atoms with van der Waals surface area (Å²) in [4.78, 5) is 41.1. The van der Waals surface area contributed by atoms with Crippen LogP contribution < -0.4 is 5.32 Å². The largest absolute Gasteiger partial charge is 0.357 e. The summed E-state index contributed by atoms with van der Waals surface area (Å²) in [6, 6.07) is 13.5. The molecule has 1 aliphatic heterocycles. The number of rotatable bonds is 12. The van der Waals surface area contributed by atoms with Gasteiger partial charge in [0.15, 0.2) is 5.78 Å². The number of Topliss-reactive ketones (excluding diaryl/α,β-unsaturated/α-hetero) is 1. The lowest BCUT2D eigenvalue weighted by Crippen LogP contribution is -2.40. The number of aryl methyl sites for hydroxylation is 1. The van der Waals surface area contributed by atoms with Crippen molar-refractivity contribution in [1.29, 1.82) is 0 Å². The highest BCUT2D eigenvalue weighted by atomic mass is 16.2. The first kappa shape index (κ1) is 26.9. The van der Waals surface area contributed by atoms with Gasteiger partial charge in [0, 0.05) is 37.0 Å². The Labute approximate surface area is 214 Å². The van der Waals surface area contributed by atoms with Gasteiger partial charge in [0.05, 0.1) is 11.6 Å². The zero-order valence-corrected chi connectivity index (χ0v) is 22.0. The Morgan fingerprint density at radius 1 is 1.14 bits per heavy atom. The topological polar surface area (TPSA) is 69.7 Å². The summed E-state index contributed by atoms with van der Waals surface area (Å²) in [7, 11) is 2.01. The summed E-state index contributed by atoms with van der Waals surface area (Å²) in [5.41, 5.74) is 5.32. The van der Waals surface area contributed by atoms with Crippen LogP contribution in [0.2, 0.25) is 0 Å². The second-order valence-corrected chi connectivity index (χ2v) is 9.23. The van der Waals surface area contributed by atoms with E-state index in [1.54, 1.807) is 4.90 Å². The minimum atomic E-state index is -0.656. The van der Waals surface area contributed by atoms with E-state index in [9.17, 15) is 14.4 Å². The normalized spacial score (nSPS) is 15.1. The van der Waals surface area contributed by atoms with Crippen LogP contribution in [0.25, 0.3) is 5.70 Å². The van der Waals surface area contributed by atoms with Crippen LogP contribution in [0.1, 0.15) is 73.5 Å². The highest BCUT2D eigenvalue weighted by Gasteiger charge is 2.39. The van der Waals surface area contributed by atoms with Crippen molar-refractivity contribution in [3.8, 4) is 0 Å². The fraction of sp³-hybridized carbons (Fsp3) is 0.367. The van der Waals surface area contributed by atoms with Crippen molar-refractivity contribution in [3.05, 3.63) is 82.7 Å². The Morgan fingerprint density at radius 3 is 2.53 bits per heavy atom. The molecular weight excluding hydrogens is 450 g/mol. The number of anilines is 1. The Balaban J connectivity index is 1.96. The molecular formula is C30H37N3O3. The van der Waals surface area contributed by atoms with Crippen LogP contribution in [0.5, 0.6) is 0 Å². The van der Waals surface area contributed by atoms with Gasteiger partial charge in [0.2, 0.25) is 0 Å². The highest BCUT2D eigenvalue weighted by Crippen LogP contribution is 2.38. The lowest BCUT2D eigenvalue weighted by Gasteiger charge is -2.27. The molecule has 1 N–H and O–H groups in total. The Bertz CT molecular complexity index is 1180. The van der Waals surface area contributed by atoms with E-state index in [0.29, 0.717) is 18.5 Å². The molecule has 0 fully saturated rings. The van der Waals surface area contributed by atoms with Crippen molar-refractivity contribution in [2.75, 3.05) is 12.4 Å². The molecule has 3 rings (SSSR count). The fourth-order valence-corrected chi connectivity index (χ4v) is 4.72. The molecule has 0 aliphatic carbocycles. The molecule has 6 nitrogen and oxygen atoms in total. The van der Waals surface area contributed by atoms with Crippen LogP contribution in [-0.2, 0) is 16.1 Å². The summed E-state index contributed by atoms with van der Waals surface area (Å²) in [6.07, 6.45) is 7.07. The predicted octanol–water partition coefficient (Wildman–Crippen LogP) is 5.93. The van der Waals surface area contributed by atoms with Gasteiger partial charge in [0.1, 0.15) is 12.1 Å². The first-order chi connectivity index (χ1) is 17.3. The maximum absolute atomic E-state index is 13.8. The number of fused-ring (bicyclic) bond motifs is 1.